The third kappa shape index (κ3) is 9.27. The second-order valence-electron chi connectivity index (χ2n) is 21.7. The largest absolute Gasteiger partial charge is 0.478 e. The first-order valence-corrected chi connectivity index (χ1v) is 21.4. The van der Waals surface area contributed by atoms with Crippen LogP contribution in [0.1, 0.15) is 181 Å². The lowest BCUT2D eigenvalue weighted by atomic mass is 9.71. The zero-order valence-corrected chi connectivity index (χ0v) is 35.9. The Kier molecular flexibility index (Phi) is 11.4. The molecule has 0 bridgehead atoms. The molecule has 0 radical (unpaired) electrons. The highest BCUT2D eigenvalue weighted by atomic mass is 16.5. The van der Waals surface area contributed by atoms with Gasteiger partial charge in [-0.3, -0.25) is 0 Å². The van der Waals surface area contributed by atoms with Gasteiger partial charge in [0, 0.05) is 0 Å². The zero-order chi connectivity index (χ0) is 38.4. The number of ether oxygens (including phenoxy) is 2. The van der Waals surface area contributed by atoms with Gasteiger partial charge in [0.2, 0.25) is 0 Å². The maximum Gasteiger partial charge on any atom is 0.200 e. The van der Waals surface area contributed by atoms with E-state index in [2.05, 4.69) is 119 Å². The zero-order valence-electron chi connectivity index (χ0n) is 35.9. The van der Waals surface area contributed by atoms with E-state index in [0.29, 0.717) is 25.0 Å². The average molecular weight is 723 g/mol. The van der Waals surface area contributed by atoms with Crippen LogP contribution in [0.3, 0.4) is 0 Å². The normalized spacial score (nSPS) is 22.7. The number of rotatable bonds is 8. The van der Waals surface area contributed by atoms with Gasteiger partial charge in [0.25, 0.3) is 0 Å². The Morgan fingerprint density at radius 2 is 0.755 bits per heavy atom. The summed E-state index contributed by atoms with van der Waals surface area (Å²) in [5, 5.41) is 0. The summed E-state index contributed by atoms with van der Waals surface area (Å²) in [4.78, 5) is 11.4. The Morgan fingerprint density at radius 3 is 1.04 bits per heavy atom. The van der Waals surface area contributed by atoms with Crippen molar-refractivity contribution >= 4 is 11.8 Å². The van der Waals surface area contributed by atoms with E-state index in [0.717, 1.165) is 24.6 Å². The fourth-order valence-corrected chi connectivity index (χ4v) is 9.30. The summed E-state index contributed by atoms with van der Waals surface area (Å²) >= 11 is 0. The van der Waals surface area contributed by atoms with E-state index in [4.69, 9.17) is 19.5 Å². The molecule has 6 rings (SSSR count). The van der Waals surface area contributed by atoms with Gasteiger partial charge >= 0.3 is 0 Å². The van der Waals surface area contributed by atoms with Gasteiger partial charge in [-0.1, -0.05) is 158 Å². The van der Waals surface area contributed by atoms with Crippen molar-refractivity contribution in [3.63, 3.8) is 0 Å². The molecule has 0 N–H and O–H groups in total. The highest BCUT2D eigenvalue weighted by Crippen LogP contribution is 2.43. The highest BCUT2D eigenvalue weighted by molar-refractivity contribution is 6.07. The minimum Gasteiger partial charge on any atom is -0.478 e. The van der Waals surface area contributed by atoms with Gasteiger partial charge in [-0.15, -0.1) is 0 Å². The number of hydrogen-bond acceptors (Lipinski definition) is 4. The number of benzene rings is 2. The highest BCUT2D eigenvalue weighted by Gasteiger charge is 2.51. The van der Waals surface area contributed by atoms with Crippen LogP contribution in [0, 0.1) is 17.3 Å². The molecule has 2 atom stereocenters. The first kappa shape index (κ1) is 40.1. The third-order valence-electron chi connectivity index (χ3n) is 13.0. The van der Waals surface area contributed by atoms with Crippen molar-refractivity contribution in [1.82, 2.24) is 0 Å². The minimum atomic E-state index is -0.649. The van der Waals surface area contributed by atoms with Crippen LogP contribution in [0.2, 0.25) is 0 Å². The molecule has 0 saturated heterocycles. The smallest absolute Gasteiger partial charge is 0.200 e. The predicted octanol–water partition coefficient (Wildman–Crippen LogP) is 12.4. The molecule has 2 fully saturated rings. The van der Waals surface area contributed by atoms with Crippen molar-refractivity contribution in [3.8, 4) is 0 Å². The van der Waals surface area contributed by atoms with E-state index in [9.17, 15) is 0 Å². The number of nitrogens with zero attached hydrogens (tertiary/aromatic N) is 2. The molecule has 2 aromatic rings. The molecule has 53 heavy (non-hydrogen) atoms. The molecule has 2 aromatic carbocycles. The molecule has 4 nitrogen and oxygen atoms in total. The van der Waals surface area contributed by atoms with Crippen molar-refractivity contribution in [2.75, 3.05) is 13.2 Å². The van der Waals surface area contributed by atoms with Crippen LogP contribution in [0.4, 0.5) is 0 Å². The quantitative estimate of drug-likeness (QED) is 0.272. The van der Waals surface area contributed by atoms with E-state index in [-0.39, 0.29) is 33.7 Å². The molecule has 0 spiro atoms. The van der Waals surface area contributed by atoms with Crippen LogP contribution in [0.25, 0.3) is 0 Å². The van der Waals surface area contributed by atoms with Gasteiger partial charge in [-0.25, -0.2) is 9.98 Å². The molecule has 4 heteroatoms. The van der Waals surface area contributed by atoms with Gasteiger partial charge in [0.15, 0.2) is 11.8 Å². The molecule has 0 amide bonds. The second-order valence-corrected chi connectivity index (χ2v) is 21.7. The maximum absolute atomic E-state index is 7.00. The van der Waals surface area contributed by atoms with E-state index >= 15 is 0 Å². The number of hydrogen-bond donors (Lipinski definition) is 0. The minimum absolute atomic E-state index is 0.0161. The summed E-state index contributed by atoms with van der Waals surface area (Å²) < 4.78 is 14.0. The van der Waals surface area contributed by atoms with E-state index < -0.39 is 5.41 Å². The van der Waals surface area contributed by atoms with Gasteiger partial charge in [-0.05, 0) is 105 Å². The van der Waals surface area contributed by atoms with Crippen molar-refractivity contribution in [1.29, 1.82) is 0 Å². The predicted molar refractivity (Wildman–Crippen MR) is 225 cm³/mol. The van der Waals surface area contributed by atoms with Crippen LogP contribution in [0.5, 0.6) is 0 Å². The lowest BCUT2D eigenvalue weighted by Gasteiger charge is -2.35. The van der Waals surface area contributed by atoms with Crippen molar-refractivity contribution in [3.05, 3.63) is 69.8 Å². The summed E-state index contributed by atoms with van der Waals surface area (Å²) in [6.45, 7) is 29.5. The summed E-state index contributed by atoms with van der Waals surface area (Å²) in [7, 11) is 0. The molecule has 2 saturated carbocycles. The molecule has 0 aromatic heterocycles. The van der Waals surface area contributed by atoms with Crippen LogP contribution in [0.15, 0.2) is 46.4 Å². The molecule has 292 valence electrons. The molecule has 2 unspecified atom stereocenters. The van der Waals surface area contributed by atoms with Crippen molar-refractivity contribution < 1.29 is 9.47 Å². The standard InChI is InChI=1S/C49H74N2O2/c1-45(2,3)37-23-33(24-38(27-37)46(4,5)6)29-49(43-50-41(31-52-43)35-19-15-13-16-20-35,44-51-42(32-53-44)36-21-17-14-18-22-36)30-34-25-39(47(7,8)9)28-40(26-34)48(10,11)12/h23-28,35-36,41-42H,13-22,29-32H2,1-12H3. The van der Waals surface area contributed by atoms with Crippen LogP contribution >= 0.6 is 0 Å². The summed E-state index contributed by atoms with van der Waals surface area (Å²) in [5.74, 6) is 2.92. The fraction of sp³-hybridized carbons (Fsp3) is 0.714. The van der Waals surface area contributed by atoms with Gasteiger partial charge in [0.1, 0.15) is 18.6 Å². The number of aliphatic imine (C=N–C) groups is 2. The Balaban J connectivity index is 1.58. The molecular weight excluding hydrogens is 649 g/mol. The van der Waals surface area contributed by atoms with Crippen molar-refractivity contribution in [2.45, 2.75) is 194 Å². The maximum atomic E-state index is 7.00. The van der Waals surface area contributed by atoms with E-state index in [1.54, 1.807) is 0 Å². The molecule has 2 aliphatic carbocycles. The lowest BCUT2D eigenvalue weighted by molar-refractivity contribution is 0.212. The van der Waals surface area contributed by atoms with E-state index in [1.807, 2.05) is 0 Å². The summed E-state index contributed by atoms with van der Waals surface area (Å²) in [5.41, 5.74) is 7.57. The van der Waals surface area contributed by atoms with Gasteiger partial charge in [0.05, 0.1) is 12.1 Å². The first-order valence-electron chi connectivity index (χ1n) is 21.4. The van der Waals surface area contributed by atoms with Crippen molar-refractivity contribution in [2.24, 2.45) is 27.2 Å². The molecular formula is C49H74N2O2. The SMILES string of the molecule is CC(C)(C)c1cc(CC(Cc2cc(C(C)(C)C)cc(C(C)(C)C)c2)(C2=NC(C3CCCCC3)CO2)C2=NC(C3CCCCC3)CO2)cc(C(C)(C)C)c1. The molecule has 4 aliphatic rings. The topological polar surface area (TPSA) is 43.2 Å². The summed E-state index contributed by atoms with van der Waals surface area (Å²) in [6, 6.07) is 15.2. The van der Waals surface area contributed by atoms with Gasteiger partial charge in [-0.2, -0.15) is 0 Å². The van der Waals surface area contributed by atoms with E-state index in [1.165, 1.54) is 97.6 Å². The lowest BCUT2D eigenvalue weighted by Crippen LogP contribution is -2.44. The Morgan fingerprint density at radius 1 is 0.453 bits per heavy atom. The first-order chi connectivity index (χ1) is 24.7. The molecule has 2 heterocycles. The monoisotopic (exact) mass is 723 g/mol. The third-order valence-corrected chi connectivity index (χ3v) is 13.0. The van der Waals surface area contributed by atoms with Crippen LogP contribution in [-0.2, 0) is 44.0 Å². The Labute approximate surface area is 324 Å². The van der Waals surface area contributed by atoms with Crippen LogP contribution < -0.4 is 0 Å². The second kappa shape index (κ2) is 15.1. The Bertz CT molecular complexity index is 1450. The Hall–Kier alpha value is -2.62. The van der Waals surface area contributed by atoms with Crippen LogP contribution in [-0.4, -0.2) is 37.1 Å². The molecule has 2 aliphatic heterocycles. The van der Waals surface area contributed by atoms with Gasteiger partial charge < -0.3 is 9.47 Å². The summed E-state index contributed by atoms with van der Waals surface area (Å²) in [6.07, 6.45) is 14.4. The fourth-order valence-electron chi connectivity index (χ4n) is 9.30. The average Bonchev–Trinajstić information content (AvgIpc) is 3.79.